The molecule has 0 saturated carbocycles. The fraction of sp³-hybridized carbons (Fsp3) is 0.267. The third-order valence-electron chi connectivity index (χ3n) is 3.17. The van der Waals surface area contributed by atoms with E-state index in [0.717, 1.165) is 16.1 Å². The zero-order valence-corrected chi connectivity index (χ0v) is 11.9. The van der Waals surface area contributed by atoms with Gasteiger partial charge in [-0.15, -0.1) is 11.3 Å². The maximum atomic E-state index is 12.1. The van der Waals surface area contributed by atoms with Crippen molar-refractivity contribution in [1.82, 2.24) is 0 Å². The summed E-state index contributed by atoms with van der Waals surface area (Å²) in [5, 5.41) is 4.99. The van der Waals surface area contributed by atoms with Crippen molar-refractivity contribution < 1.29 is 4.79 Å². The van der Waals surface area contributed by atoms with Crippen LogP contribution in [0.25, 0.3) is 10.4 Å². The van der Waals surface area contributed by atoms with Crippen molar-refractivity contribution in [1.29, 1.82) is 0 Å². The Bertz CT molecular complexity index is 549. The van der Waals surface area contributed by atoms with Gasteiger partial charge in [0, 0.05) is 22.2 Å². The first-order chi connectivity index (χ1) is 9.09. The Balaban J connectivity index is 2.24. The van der Waals surface area contributed by atoms with Crippen LogP contribution in [0.1, 0.15) is 13.8 Å². The summed E-state index contributed by atoms with van der Waals surface area (Å²) in [5.41, 5.74) is 7.64. The number of carbonyl (C=O) groups is 1. The molecule has 3 N–H and O–H groups in total. The van der Waals surface area contributed by atoms with E-state index in [-0.39, 0.29) is 17.9 Å². The number of benzene rings is 1. The van der Waals surface area contributed by atoms with Crippen molar-refractivity contribution in [2.75, 3.05) is 5.32 Å². The Morgan fingerprint density at radius 3 is 2.58 bits per heavy atom. The lowest BCUT2D eigenvalue weighted by Crippen LogP contribution is -2.34. The van der Waals surface area contributed by atoms with Crippen LogP contribution in [0, 0.1) is 5.92 Å². The molecular weight excluding hydrogens is 256 g/mol. The largest absolute Gasteiger partial charge is 0.327 e. The molecule has 2 rings (SSSR count). The number of thiophene rings is 1. The molecule has 19 heavy (non-hydrogen) atoms. The molecule has 0 aliphatic rings. The van der Waals surface area contributed by atoms with E-state index in [9.17, 15) is 4.79 Å². The average molecular weight is 274 g/mol. The number of nitrogens with one attached hydrogen (secondary N) is 1. The van der Waals surface area contributed by atoms with Gasteiger partial charge >= 0.3 is 0 Å². The second-order valence-corrected chi connectivity index (χ2v) is 5.61. The van der Waals surface area contributed by atoms with Crippen molar-refractivity contribution in [3.05, 3.63) is 41.8 Å². The SMILES string of the molecule is CC(N)C(C)C(=O)Nc1ccccc1-c1cccs1. The van der Waals surface area contributed by atoms with Crippen LogP contribution in [0.15, 0.2) is 41.8 Å². The van der Waals surface area contributed by atoms with Gasteiger partial charge in [-0.1, -0.05) is 31.2 Å². The van der Waals surface area contributed by atoms with Crippen LogP contribution in [0.5, 0.6) is 0 Å². The molecule has 1 amide bonds. The Kier molecular flexibility index (Phi) is 4.35. The summed E-state index contributed by atoms with van der Waals surface area (Å²) < 4.78 is 0. The molecule has 0 aliphatic heterocycles. The highest BCUT2D eigenvalue weighted by Crippen LogP contribution is 2.31. The van der Waals surface area contributed by atoms with Gasteiger partial charge in [0.15, 0.2) is 0 Å². The topological polar surface area (TPSA) is 55.1 Å². The van der Waals surface area contributed by atoms with Gasteiger partial charge in [-0.05, 0) is 24.4 Å². The summed E-state index contributed by atoms with van der Waals surface area (Å²) in [6, 6.07) is 11.7. The summed E-state index contributed by atoms with van der Waals surface area (Å²) in [7, 11) is 0. The number of rotatable bonds is 4. The molecule has 1 aromatic heterocycles. The number of nitrogens with two attached hydrogens (primary N) is 1. The van der Waals surface area contributed by atoms with Gasteiger partial charge < -0.3 is 11.1 Å². The highest BCUT2D eigenvalue weighted by atomic mass is 32.1. The molecule has 0 radical (unpaired) electrons. The Labute approximate surface area is 117 Å². The molecule has 0 bridgehead atoms. The first-order valence-corrected chi connectivity index (χ1v) is 7.17. The molecule has 3 nitrogen and oxygen atoms in total. The van der Waals surface area contributed by atoms with E-state index in [0.29, 0.717) is 0 Å². The summed E-state index contributed by atoms with van der Waals surface area (Å²) in [5.74, 6) is -0.254. The summed E-state index contributed by atoms with van der Waals surface area (Å²) in [4.78, 5) is 13.2. The molecule has 0 saturated heterocycles. The lowest BCUT2D eigenvalue weighted by Gasteiger charge is -2.16. The Morgan fingerprint density at radius 1 is 1.21 bits per heavy atom. The molecule has 4 heteroatoms. The molecule has 2 aromatic rings. The molecule has 0 spiro atoms. The standard InChI is InChI=1S/C15H18N2OS/c1-10(11(2)16)15(18)17-13-7-4-3-6-12(13)14-8-5-9-19-14/h3-11H,16H2,1-2H3,(H,17,18). The van der Waals surface area contributed by atoms with Crippen molar-refractivity contribution >= 4 is 22.9 Å². The first kappa shape index (κ1) is 13.8. The fourth-order valence-electron chi connectivity index (χ4n) is 1.72. The number of hydrogen-bond acceptors (Lipinski definition) is 3. The maximum absolute atomic E-state index is 12.1. The second-order valence-electron chi connectivity index (χ2n) is 4.66. The van der Waals surface area contributed by atoms with Gasteiger partial charge in [0.05, 0.1) is 5.92 Å². The normalized spacial score (nSPS) is 13.8. The van der Waals surface area contributed by atoms with Gasteiger partial charge in [0.25, 0.3) is 0 Å². The Hall–Kier alpha value is -1.65. The predicted octanol–water partition coefficient (Wildman–Crippen LogP) is 3.34. The first-order valence-electron chi connectivity index (χ1n) is 6.29. The molecule has 1 aromatic carbocycles. The van der Waals surface area contributed by atoms with Gasteiger partial charge in [-0.25, -0.2) is 0 Å². The summed E-state index contributed by atoms with van der Waals surface area (Å²) in [6.45, 7) is 3.68. The van der Waals surface area contributed by atoms with E-state index >= 15 is 0 Å². The number of para-hydroxylation sites is 1. The minimum atomic E-state index is -0.212. The third-order valence-corrected chi connectivity index (χ3v) is 4.08. The predicted molar refractivity (Wildman–Crippen MR) is 81.2 cm³/mol. The summed E-state index contributed by atoms with van der Waals surface area (Å²) >= 11 is 1.66. The smallest absolute Gasteiger partial charge is 0.228 e. The zero-order valence-electron chi connectivity index (χ0n) is 11.1. The van der Waals surface area contributed by atoms with Crippen LogP contribution < -0.4 is 11.1 Å². The van der Waals surface area contributed by atoms with E-state index in [1.54, 1.807) is 11.3 Å². The van der Waals surface area contributed by atoms with Crippen LogP contribution >= 0.6 is 11.3 Å². The highest BCUT2D eigenvalue weighted by Gasteiger charge is 2.18. The Morgan fingerprint density at radius 2 is 1.95 bits per heavy atom. The van der Waals surface area contributed by atoms with Crippen LogP contribution in [-0.4, -0.2) is 11.9 Å². The van der Waals surface area contributed by atoms with Gasteiger partial charge in [0.1, 0.15) is 0 Å². The van der Waals surface area contributed by atoms with Crippen molar-refractivity contribution in [2.45, 2.75) is 19.9 Å². The van der Waals surface area contributed by atoms with Crippen LogP contribution in [-0.2, 0) is 4.79 Å². The van der Waals surface area contributed by atoms with E-state index in [4.69, 9.17) is 5.73 Å². The minimum absolute atomic E-state index is 0.0426. The molecule has 2 unspecified atom stereocenters. The summed E-state index contributed by atoms with van der Waals surface area (Å²) in [6.07, 6.45) is 0. The van der Waals surface area contributed by atoms with Gasteiger partial charge in [-0.3, -0.25) is 4.79 Å². The highest BCUT2D eigenvalue weighted by molar-refractivity contribution is 7.13. The minimum Gasteiger partial charge on any atom is -0.327 e. The quantitative estimate of drug-likeness (QED) is 0.898. The number of hydrogen-bond donors (Lipinski definition) is 2. The molecule has 100 valence electrons. The number of anilines is 1. The molecule has 2 atom stereocenters. The van der Waals surface area contributed by atoms with Gasteiger partial charge in [0.2, 0.25) is 5.91 Å². The van der Waals surface area contributed by atoms with Crippen LogP contribution in [0.4, 0.5) is 5.69 Å². The number of amides is 1. The fourth-order valence-corrected chi connectivity index (χ4v) is 2.49. The third kappa shape index (κ3) is 3.22. The molecule has 0 aliphatic carbocycles. The van der Waals surface area contributed by atoms with Crippen molar-refractivity contribution in [2.24, 2.45) is 11.7 Å². The van der Waals surface area contributed by atoms with E-state index in [1.165, 1.54) is 0 Å². The monoisotopic (exact) mass is 274 g/mol. The van der Waals surface area contributed by atoms with E-state index in [1.807, 2.05) is 55.6 Å². The average Bonchev–Trinajstić information content (AvgIpc) is 2.92. The van der Waals surface area contributed by atoms with Crippen molar-refractivity contribution in [3.8, 4) is 10.4 Å². The molecule has 1 heterocycles. The molecular formula is C15H18N2OS. The zero-order chi connectivity index (χ0) is 13.8. The van der Waals surface area contributed by atoms with E-state index in [2.05, 4.69) is 5.32 Å². The van der Waals surface area contributed by atoms with Crippen LogP contribution in [0.3, 0.4) is 0 Å². The number of carbonyl (C=O) groups excluding carboxylic acids is 1. The maximum Gasteiger partial charge on any atom is 0.228 e. The van der Waals surface area contributed by atoms with Gasteiger partial charge in [-0.2, -0.15) is 0 Å². The second kappa shape index (κ2) is 5.99. The van der Waals surface area contributed by atoms with E-state index < -0.39 is 0 Å². The lowest BCUT2D eigenvalue weighted by atomic mass is 10.0. The van der Waals surface area contributed by atoms with Crippen molar-refractivity contribution in [3.63, 3.8) is 0 Å². The van der Waals surface area contributed by atoms with Crippen LogP contribution in [0.2, 0.25) is 0 Å². The lowest BCUT2D eigenvalue weighted by molar-refractivity contribution is -0.119. The molecule has 0 fully saturated rings.